The summed E-state index contributed by atoms with van der Waals surface area (Å²) in [7, 11) is -2.58. The molecule has 1 saturated carbocycles. The largest absolute Gasteiger partial charge is 0.487 e. The Bertz CT molecular complexity index is 1230. The van der Waals surface area contributed by atoms with Gasteiger partial charge in [-0.2, -0.15) is 5.10 Å². The quantitative estimate of drug-likeness (QED) is 0.599. The third-order valence-electron chi connectivity index (χ3n) is 5.59. The molecule has 0 spiro atoms. The minimum Gasteiger partial charge on any atom is -0.487 e. The van der Waals surface area contributed by atoms with Crippen molar-refractivity contribution in [2.45, 2.75) is 43.6 Å². The van der Waals surface area contributed by atoms with Gasteiger partial charge in [0.1, 0.15) is 29.0 Å². The Morgan fingerprint density at radius 3 is 2.59 bits per heavy atom. The van der Waals surface area contributed by atoms with E-state index in [1.54, 1.807) is 10.9 Å². The smallest absolute Gasteiger partial charge is 0.266 e. The number of benzene rings is 1. The van der Waals surface area contributed by atoms with Crippen LogP contribution in [0.3, 0.4) is 0 Å². The molecule has 1 N–H and O–H groups in total. The molecule has 0 saturated heterocycles. The van der Waals surface area contributed by atoms with Crippen LogP contribution < -0.4 is 9.46 Å². The predicted molar refractivity (Wildman–Crippen MR) is 113 cm³/mol. The Balaban J connectivity index is 1.61. The molecule has 2 unspecified atom stereocenters. The van der Waals surface area contributed by atoms with Crippen molar-refractivity contribution in [1.29, 1.82) is 0 Å². The van der Waals surface area contributed by atoms with Crippen LogP contribution in [0.1, 0.15) is 38.3 Å². The second-order valence-corrected chi connectivity index (χ2v) is 10.3. The summed E-state index contributed by atoms with van der Waals surface area (Å²) in [6.45, 7) is 4.18. The molecule has 1 fully saturated rings. The molecular formula is C21H23F2N5O3S. The van der Waals surface area contributed by atoms with Crippen molar-refractivity contribution in [3.8, 4) is 5.75 Å². The van der Waals surface area contributed by atoms with E-state index in [4.69, 9.17) is 4.74 Å². The van der Waals surface area contributed by atoms with Gasteiger partial charge in [0, 0.05) is 43.2 Å². The monoisotopic (exact) mass is 463 g/mol. The van der Waals surface area contributed by atoms with Crippen LogP contribution >= 0.6 is 0 Å². The Hall–Kier alpha value is -3.08. The van der Waals surface area contributed by atoms with Crippen molar-refractivity contribution in [2.75, 3.05) is 4.72 Å². The zero-order valence-electron chi connectivity index (χ0n) is 17.8. The summed E-state index contributed by atoms with van der Waals surface area (Å²) in [5, 5.41) is 4.20. The van der Waals surface area contributed by atoms with Gasteiger partial charge in [-0.25, -0.2) is 27.2 Å². The first-order valence-electron chi connectivity index (χ1n) is 9.98. The highest BCUT2D eigenvalue weighted by Gasteiger charge is 2.43. The van der Waals surface area contributed by atoms with E-state index in [9.17, 15) is 17.2 Å². The summed E-state index contributed by atoms with van der Waals surface area (Å²) in [4.78, 5) is 6.57. The fourth-order valence-corrected chi connectivity index (χ4v) is 5.26. The molecule has 170 valence electrons. The first-order chi connectivity index (χ1) is 15.1. The van der Waals surface area contributed by atoms with E-state index in [1.165, 1.54) is 12.3 Å². The molecule has 0 bridgehead atoms. The number of anilines is 1. The molecule has 8 nitrogen and oxygen atoms in total. The summed E-state index contributed by atoms with van der Waals surface area (Å²) in [6.07, 6.45) is 5.13. The second-order valence-electron chi connectivity index (χ2n) is 8.63. The Morgan fingerprint density at radius 1 is 1.16 bits per heavy atom. The molecule has 1 aliphatic carbocycles. The van der Waals surface area contributed by atoms with E-state index in [-0.39, 0.29) is 22.9 Å². The average molecular weight is 464 g/mol. The number of rotatable bonds is 6. The number of ether oxygens (including phenoxy) is 1. The van der Waals surface area contributed by atoms with Gasteiger partial charge in [-0.15, -0.1) is 0 Å². The van der Waals surface area contributed by atoms with Crippen molar-refractivity contribution in [2.24, 2.45) is 12.5 Å². The number of sulfonamides is 1. The van der Waals surface area contributed by atoms with Crippen molar-refractivity contribution < 1.29 is 21.9 Å². The van der Waals surface area contributed by atoms with Gasteiger partial charge in [0.2, 0.25) is 0 Å². The lowest BCUT2D eigenvalue weighted by Gasteiger charge is -2.22. The molecule has 2 atom stereocenters. The second kappa shape index (κ2) is 8.12. The van der Waals surface area contributed by atoms with E-state index in [2.05, 4.69) is 33.6 Å². The molecular weight excluding hydrogens is 440 g/mol. The molecule has 2 heterocycles. The molecule has 11 heteroatoms. The molecule has 0 radical (unpaired) electrons. The first kappa shape index (κ1) is 22.1. The van der Waals surface area contributed by atoms with Gasteiger partial charge in [-0.1, -0.05) is 13.8 Å². The lowest BCUT2D eigenvalue weighted by atomic mass is 9.90. The fraction of sp³-hybridized carbons (Fsp3) is 0.381. The Morgan fingerprint density at radius 2 is 1.94 bits per heavy atom. The van der Waals surface area contributed by atoms with E-state index < -0.39 is 32.7 Å². The Kier molecular flexibility index (Phi) is 5.61. The molecule has 1 aromatic carbocycles. The summed E-state index contributed by atoms with van der Waals surface area (Å²) >= 11 is 0. The normalized spacial score (nSPS) is 20.3. The van der Waals surface area contributed by atoms with Crippen molar-refractivity contribution in [3.05, 3.63) is 60.3 Å². The molecule has 0 aliphatic heterocycles. The van der Waals surface area contributed by atoms with Gasteiger partial charge in [0.25, 0.3) is 10.0 Å². The number of nitrogens with one attached hydrogen (secondary N) is 1. The van der Waals surface area contributed by atoms with Gasteiger partial charge >= 0.3 is 0 Å². The van der Waals surface area contributed by atoms with Gasteiger partial charge in [-0.3, -0.25) is 9.40 Å². The average Bonchev–Trinajstić information content (AvgIpc) is 3.26. The van der Waals surface area contributed by atoms with Crippen LogP contribution in [0.25, 0.3) is 0 Å². The number of aromatic nitrogens is 4. The maximum Gasteiger partial charge on any atom is 0.266 e. The molecule has 3 aromatic rings. The van der Waals surface area contributed by atoms with Crippen molar-refractivity contribution in [3.63, 3.8) is 0 Å². The topological polar surface area (TPSA) is 99.0 Å². The fourth-order valence-electron chi connectivity index (χ4n) is 4.18. The van der Waals surface area contributed by atoms with E-state index in [0.717, 1.165) is 24.5 Å². The SMILES string of the molecule is Cn1nccc1C1CC(C)(C)CC1Oc1cc(F)c(S(=O)(=O)Nc2ccncn2)cc1F. The number of hydrogen-bond acceptors (Lipinski definition) is 6. The highest BCUT2D eigenvalue weighted by atomic mass is 32.2. The first-order valence-corrected chi connectivity index (χ1v) is 11.5. The maximum absolute atomic E-state index is 14.9. The number of aryl methyl sites for hydroxylation is 1. The van der Waals surface area contributed by atoms with E-state index >= 15 is 0 Å². The summed E-state index contributed by atoms with van der Waals surface area (Å²) < 4.78 is 64.5. The summed E-state index contributed by atoms with van der Waals surface area (Å²) in [6, 6.07) is 4.57. The minimum absolute atomic E-state index is 0.0626. The van der Waals surface area contributed by atoms with E-state index in [0.29, 0.717) is 12.5 Å². The number of halogens is 2. The zero-order valence-corrected chi connectivity index (χ0v) is 18.6. The van der Waals surface area contributed by atoms with Gasteiger partial charge < -0.3 is 4.74 Å². The van der Waals surface area contributed by atoms with Crippen molar-refractivity contribution in [1.82, 2.24) is 19.7 Å². The van der Waals surface area contributed by atoms with Crippen LogP contribution in [0.4, 0.5) is 14.6 Å². The number of nitrogens with zero attached hydrogens (tertiary/aromatic N) is 4. The third kappa shape index (κ3) is 4.43. The zero-order chi connectivity index (χ0) is 23.1. The van der Waals surface area contributed by atoms with Crippen molar-refractivity contribution >= 4 is 15.8 Å². The standard InChI is InChI=1S/C21H23F2N5O3S/c1-21(2)10-13(16-4-7-26-28(16)3)18(11-21)31-17-8-15(23)19(9-14(17)22)32(29,30)27-20-5-6-24-12-25-20/h4-9,12-13,18H,10-11H2,1-3H3,(H,24,25,27). The maximum atomic E-state index is 14.9. The van der Waals surface area contributed by atoms with Crippen LogP contribution in [-0.2, 0) is 17.1 Å². The minimum atomic E-state index is -4.40. The highest BCUT2D eigenvalue weighted by molar-refractivity contribution is 7.92. The lowest BCUT2D eigenvalue weighted by molar-refractivity contribution is 0.168. The van der Waals surface area contributed by atoms with Crippen LogP contribution in [0.5, 0.6) is 5.75 Å². The molecule has 1 aliphatic rings. The lowest BCUT2D eigenvalue weighted by Crippen LogP contribution is -2.23. The molecule has 0 amide bonds. The molecule has 2 aromatic heterocycles. The molecule has 4 rings (SSSR count). The Labute approximate surface area is 184 Å². The molecule has 32 heavy (non-hydrogen) atoms. The van der Waals surface area contributed by atoms with Crippen LogP contribution in [0.2, 0.25) is 0 Å². The van der Waals surface area contributed by atoms with Crippen LogP contribution in [0, 0.1) is 17.0 Å². The highest BCUT2D eigenvalue weighted by Crippen LogP contribution is 2.48. The van der Waals surface area contributed by atoms with Gasteiger partial charge in [-0.05, 0) is 30.4 Å². The number of hydrogen-bond donors (Lipinski definition) is 1. The third-order valence-corrected chi connectivity index (χ3v) is 6.96. The van der Waals surface area contributed by atoms with Gasteiger partial charge in [0.05, 0.1) is 0 Å². The summed E-state index contributed by atoms with van der Waals surface area (Å²) in [5.74, 6) is -2.56. The van der Waals surface area contributed by atoms with Gasteiger partial charge in [0.15, 0.2) is 11.6 Å². The predicted octanol–water partition coefficient (Wildman–Crippen LogP) is 3.64. The van der Waals surface area contributed by atoms with E-state index in [1.807, 2.05) is 13.1 Å². The summed E-state index contributed by atoms with van der Waals surface area (Å²) in [5.41, 5.74) is 0.869. The van der Waals surface area contributed by atoms with Crippen LogP contribution in [-0.4, -0.2) is 34.3 Å². The van der Waals surface area contributed by atoms with Crippen LogP contribution in [0.15, 0.2) is 47.9 Å².